The summed E-state index contributed by atoms with van der Waals surface area (Å²) in [6, 6.07) is 12.8. The van der Waals surface area contributed by atoms with Crippen LogP contribution in [0.2, 0.25) is 0 Å². The first-order chi connectivity index (χ1) is 14.0. The molecule has 1 heterocycles. The molecule has 3 rings (SSSR count). The Hall–Kier alpha value is -3.25. The van der Waals surface area contributed by atoms with Gasteiger partial charge in [-0.2, -0.15) is 5.26 Å². The van der Waals surface area contributed by atoms with Crippen molar-refractivity contribution < 1.29 is 27.4 Å². The van der Waals surface area contributed by atoms with Gasteiger partial charge in [-0.25, -0.2) is 8.42 Å². The monoisotopic (exact) mass is 416 g/mol. The SMILES string of the molecule is CCOC(=O)CN(c1ccc(CC#N)cc1)S(=O)(=O)c1ccc2c(c1)OCCO2. The van der Waals surface area contributed by atoms with Crippen LogP contribution in [0.15, 0.2) is 47.4 Å². The molecule has 0 aliphatic carbocycles. The number of nitrogens with zero attached hydrogens (tertiary/aromatic N) is 2. The summed E-state index contributed by atoms with van der Waals surface area (Å²) in [6.07, 6.45) is 0.201. The number of benzene rings is 2. The van der Waals surface area contributed by atoms with Crippen LogP contribution >= 0.6 is 0 Å². The summed E-state index contributed by atoms with van der Waals surface area (Å²) in [5.74, 6) is 0.125. The van der Waals surface area contributed by atoms with Crippen LogP contribution < -0.4 is 13.8 Å². The molecule has 0 saturated heterocycles. The standard InChI is InChI=1S/C20H20N2O6S/c1-2-26-20(23)14-22(16-5-3-15(4-6-16)9-10-21)29(24,25)17-7-8-18-19(13-17)28-12-11-27-18/h3-8,13H,2,9,11-12,14H2,1H3. The van der Waals surface area contributed by atoms with Gasteiger partial charge in [0, 0.05) is 6.07 Å². The normalized spacial score (nSPS) is 12.7. The van der Waals surface area contributed by atoms with Crippen molar-refractivity contribution in [3.8, 4) is 17.6 Å². The number of carbonyl (C=O) groups excluding carboxylic acids is 1. The molecule has 1 aliphatic rings. The molecule has 2 aromatic rings. The van der Waals surface area contributed by atoms with E-state index in [-0.39, 0.29) is 23.6 Å². The van der Waals surface area contributed by atoms with Crippen LogP contribution in [0, 0.1) is 11.3 Å². The summed E-state index contributed by atoms with van der Waals surface area (Å²) in [7, 11) is -4.09. The quantitative estimate of drug-likeness (QED) is 0.638. The van der Waals surface area contributed by atoms with Gasteiger partial charge in [-0.15, -0.1) is 0 Å². The van der Waals surface area contributed by atoms with E-state index in [2.05, 4.69) is 0 Å². The van der Waals surface area contributed by atoms with Gasteiger partial charge in [0.25, 0.3) is 10.0 Å². The predicted molar refractivity (Wildman–Crippen MR) is 104 cm³/mol. The number of hydrogen-bond donors (Lipinski definition) is 0. The molecule has 0 aromatic heterocycles. The van der Waals surface area contributed by atoms with Gasteiger partial charge in [-0.1, -0.05) is 12.1 Å². The Morgan fingerprint density at radius 2 is 1.83 bits per heavy atom. The van der Waals surface area contributed by atoms with Crippen molar-refractivity contribution >= 4 is 21.7 Å². The van der Waals surface area contributed by atoms with Gasteiger partial charge < -0.3 is 14.2 Å². The molecule has 2 aromatic carbocycles. The van der Waals surface area contributed by atoms with Crippen LogP contribution in [0.25, 0.3) is 0 Å². The maximum atomic E-state index is 13.3. The second kappa shape index (κ2) is 8.84. The Morgan fingerprint density at radius 3 is 2.48 bits per heavy atom. The molecule has 0 fully saturated rings. The lowest BCUT2D eigenvalue weighted by Gasteiger charge is -2.25. The van der Waals surface area contributed by atoms with Crippen LogP contribution in [-0.2, 0) is 26.0 Å². The van der Waals surface area contributed by atoms with E-state index in [0.29, 0.717) is 24.7 Å². The number of rotatable bonds is 7. The first kappa shape index (κ1) is 20.5. The van der Waals surface area contributed by atoms with Crippen LogP contribution in [0.5, 0.6) is 11.5 Å². The van der Waals surface area contributed by atoms with E-state index >= 15 is 0 Å². The molecule has 8 nitrogen and oxygen atoms in total. The summed E-state index contributed by atoms with van der Waals surface area (Å²) in [4.78, 5) is 12.1. The third kappa shape index (κ3) is 4.60. The number of nitriles is 1. The summed E-state index contributed by atoms with van der Waals surface area (Å²) in [6.45, 7) is 2.01. The molecule has 0 atom stereocenters. The summed E-state index contributed by atoms with van der Waals surface area (Å²) < 4.78 is 43.5. The van der Waals surface area contributed by atoms with Crippen molar-refractivity contribution in [2.24, 2.45) is 0 Å². The van der Waals surface area contributed by atoms with E-state index in [1.807, 2.05) is 6.07 Å². The fourth-order valence-electron chi connectivity index (χ4n) is 2.82. The molecule has 0 saturated carbocycles. The van der Waals surface area contributed by atoms with E-state index in [1.165, 1.54) is 18.2 Å². The van der Waals surface area contributed by atoms with Crippen molar-refractivity contribution in [1.29, 1.82) is 5.26 Å². The highest BCUT2D eigenvalue weighted by molar-refractivity contribution is 7.92. The molecule has 152 valence electrons. The van der Waals surface area contributed by atoms with Crippen LogP contribution in [0.4, 0.5) is 5.69 Å². The Kier molecular flexibility index (Phi) is 6.24. The van der Waals surface area contributed by atoms with Gasteiger partial charge in [0.05, 0.1) is 29.7 Å². The number of carbonyl (C=O) groups is 1. The molecular formula is C20H20N2O6S. The average molecular weight is 416 g/mol. The van der Waals surface area contributed by atoms with Crippen molar-refractivity contribution in [3.05, 3.63) is 48.0 Å². The van der Waals surface area contributed by atoms with Gasteiger partial charge in [0.15, 0.2) is 11.5 Å². The molecule has 9 heteroatoms. The van der Waals surface area contributed by atoms with Crippen LogP contribution in [0.3, 0.4) is 0 Å². The first-order valence-electron chi connectivity index (χ1n) is 8.99. The van der Waals surface area contributed by atoms with Crippen LogP contribution in [-0.4, -0.2) is 40.8 Å². The van der Waals surface area contributed by atoms with E-state index < -0.39 is 22.5 Å². The summed E-state index contributed by atoms with van der Waals surface area (Å²) >= 11 is 0. The smallest absolute Gasteiger partial charge is 0.326 e. The number of ether oxygens (including phenoxy) is 3. The third-order valence-corrected chi connectivity index (χ3v) is 5.96. The van der Waals surface area contributed by atoms with Crippen LogP contribution in [0.1, 0.15) is 12.5 Å². The minimum absolute atomic E-state index is 0.0350. The lowest BCUT2D eigenvalue weighted by atomic mass is 10.1. The van der Waals surface area contributed by atoms with Gasteiger partial charge in [0.1, 0.15) is 19.8 Å². The number of sulfonamides is 1. The highest BCUT2D eigenvalue weighted by Crippen LogP contribution is 2.34. The number of esters is 1. The zero-order valence-corrected chi connectivity index (χ0v) is 16.6. The molecular weight excluding hydrogens is 396 g/mol. The number of hydrogen-bond acceptors (Lipinski definition) is 7. The fourth-order valence-corrected chi connectivity index (χ4v) is 4.25. The van der Waals surface area contributed by atoms with E-state index in [0.717, 1.165) is 9.87 Å². The molecule has 0 bridgehead atoms. The lowest BCUT2D eigenvalue weighted by molar-refractivity contribution is -0.141. The Bertz CT molecular complexity index is 1030. The van der Waals surface area contributed by atoms with Crippen molar-refractivity contribution in [2.45, 2.75) is 18.2 Å². The predicted octanol–water partition coefficient (Wildman–Crippen LogP) is 2.28. The first-order valence-corrected chi connectivity index (χ1v) is 10.4. The molecule has 0 spiro atoms. The highest BCUT2D eigenvalue weighted by Gasteiger charge is 2.29. The Labute approximate surface area is 169 Å². The Morgan fingerprint density at radius 1 is 1.14 bits per heavy atom. The van der Waals surface area contributed by atoms with Crippen molar-refractivity contribution in [3.63, 3.8) is 0 Å². The van der Waals surface area contributed by atoms with Gasteiger partial charge in [0.2, 0.25) is 0 Å². The minimum atomic E-state index is -4.09. The topological polar surface area (TPSA) is 106 Å². The van der Waals surface area contributed by atoms with E-state index in [4.69, 9.17) is 19.5 Å². The van der Waals surface area contributed by atoms with E-state index in [9.17, 15) is 13.2 Å². The zero-order valence-electron chi connectivity index (χ0n) is 15.8. The molecule has 0 unspecified atom stereocenters. The molecule has 0 radical (unpaired) electrons. The lowest BCUT2D eigenvalue weighted by Crippen LogP contribution is -2.36. The molecule has 29 heavy (non-hydrogen) atoms. The van der Waals surface area contributed by atoms with Gasteiger partial charge >= 0.3 is 5.97 Å². The number of anilines is 1. The molecule has 1 aliphatic heterocycles. The Balaban J connectivity index is 1.99. The second-order valence-electron chi connectivity index (χ2n) is 6.12. The van der Waals surface area contributed by atoms with E-state index in [1.54, 1.807) is 31.2 Å². The van der Waals surface area contributed by atoms with Gasteiger partial charge in [-0.05, 0) is 36.8 Å². The second-order valence-corrected chi connectivity index (χ2v) is 7.99. The van der Waals surface area contributed by atoms with Crippen molar-refractivity contribution in [1.82, 2.24) is 0 Å². The van der Waals surface area contributed by atoms with Gasteiger partial charge in [-0.3, -0.25) is 9.10 Å². The zero-order chi connectivity index (χ0) is 20.9. The molecule has 0 amide bonds. The van der Waals surface area contributed by atoms with Crippen molar-refractivity contribution in [2.75, 3.05) is 30.7 Å². The highest BCUT2D eigenvalue weighted by atomic mass is 32.2. The largest absolute Gasteiger partial charge is 0.486 e. The summed E-state index contributed by atoms with van der Waals surface area (Å²) in [5, 5.41) is 8.81. The average Bonchev–Trinajstić information content (AvgIpc) is 2.73. The third-order valence-electron chi connectivity index (χ3n) is 4.19. The maximum absolute atomic E-state index is 13.3. The number of fused-ring (bicyclic) bond motifs is 1. The summed E-state index contributed by atoms with van der Waals surface area (Å²) in [5.41, 5.74) is 1.03. The maximum Gasteiger partial charge on any atom is 0.326 e. The fraction of sp³-hybridized carbons (Fsp3) is 0.300. The molecule has 0 N–H and O–H groups in total. The minimum Gasteiger partial charge on any atom is -0.486 e.